The molecule has 0 spiro atoms. The Labute approximate surface area is 183 Å². The van der Waals surface area contributed by atoms with Crippen molar-refractivity contribution in [3.05, 3.63) is 59.8 Å². The standard InChI is InChI=1S/C24H29N5O2/c1-19(30)24-25-10-12-29(24)18-22-17-23(31-26-22)21-8-6-20(7-9-21)5-3-4-11-28-15-13-27(2)14-16-28/h6-10,12,17,19,30H,4,11,13-16,18H2,1-2H3/t19-/m0/s1. The average Bonchev–Trinajstić information content (AvgIpc) is 3.43. The number of benzene rings is 1. The van der Waals surface area contributed by atoms with Gasteiger partial charge in [0, 0.05) is 68.7 Å². The summed E-state index contributed by atoms with van der Waals surface area (Å²) < 4.78 is 7.39. The highest BCUT2D eigenvalue weighted by molar-refractivity contribution is 5.59. The molecule has 3 heterocycles. The lowest BCUT2D eigenvalue weighted by Crippen LogP contribution is -2.44. The van der Waals surface area contributed by atoms with E-state index < -0.39 is 6.10 Å². The Hall–Kier alpha value is -2.92. The Morgan fingerprint density at radius 2 is 1.94 bits per heavy atom. The molecule has 1 fully saturated rings. The zero-order valence-electron chi connectivity index (χ0n) is 18.2. The van der Waals surface area contributed by atoms with Crippen LogP contribution in [-0.4, -0.2) is 69.4 Å². The van der Waals surface area contributed by atoms with E-state index in [1.54, 1.807) is 13.1 Å². The first-order chi connectivity index (χ1) is 15.1. The Balaban J connectivity index is 1.32. The number of aliphatic hydroxyl groups is 1. The lowest BCUT2D eigenvalue weighted by molar-refractivity contribution is 0.157. The average molecular weight is 420 g/mol. The molecule has 1 aliphatic heterocycles. The largest absolute Gasteiger partial charge is 0.385 e. The number of aromatic nitrogens is 3. The van der Waals surface area contributed by atoms with Crippen molar-refractivity contribution in [2.75, 3.05) is 39.8 Å². The van der Waals surface area contributed by atoms with Crippen molar-refractivity contribution in [3.63, 3.8) is 0 Å². The minimum Gasteiger partial charge on any atom is -0.385 e. The van der Waals surface area contributed by atoms with Gasteiger partial charge in [-0.2, -0.15) is 0 Å². The maximum Gasteiger partial charge on any atom is 0.167 e. The van der Waals surface area contributed by atoms with Crippen LogP contribution in [0.1, 0.15) is 36.5 Å². The summed E-state index contributed by atoms with van der Waals surface area (Å²) in [5.74, 6) is 7.87. The van der Waals surface area contributed by atoms with Crippen molar-refractivity contribution in [1.29, 1.82) is 0 Å². The molecule has 3 aromatic rings. The van der Waals surface area contributed by atoms with E-state index in [0.29, 0.717) is 18.1 Å². The van der Waals surface area contributed by atoms with E-state index in [0.717, 1.165) is 56.0 Å². The molecule has 31 heavy (non-hydrogen) atoms. The maximum absolute atomic E-state index is 9.79. The van der Waals surface area contributed by atoms with Gasteiger partial charge in [0.2, 0.25) is 0 Å². The zero-order chi connectivity index (χ0) is 21.6. The number of imidazole rings is 1. The summed E-state index contributed by atoms with van der Waals surface area (Å²) in [6, 6.07) is 9.96. The van der Waals surface area contributed by atoms with E-state index in [9.17, 15) is 5.11 Å². The van der Waals surface area contributed by atoms with Crippen LogP contribution in [0.3, 0.4) is 0 Å². The summed E-state index contributed by atoms with van der Waals surface area (Å²) >= 11 is 0. The van der Waals surface area contributed by atoms with E-state index >= 15 is 0 Å². The fraction of sp³-hybridized carbons (Fsp3) is 0.417. The first-order valence-corrected chi connectivity index (χ1v) is 10.7. The molecule has 0 bridgehead atoms. The predicted octanol–water partition coefficient (Wildman–Crippen LogP) is 2.63. The number of aliphatic hydroxyl groups excluding tert-OH is 1. The van der Waals surface area contributed by atoms with Gasteiger partial charge in [-0.3, -0.25) is 4.90 Å². The molecular formula is C24H29N5O2. The van der Waals surface area contributed by atoms with Crippen molar-refractivity contribution in [1.82, 2.24) is 24.5 Å². The summed E-state index contributed by atoms with van der Waals surface area (Å²) in [6.45, 7) is 7.78. The van der Waals surface area contributed by atoms with Crippen LogP contribution in [0.5, 0.6) is 0 Å². The van der Waals surface area contributed by atoms with Crippen LogP contribution in [-0.2, 0) is 6.54 Å². The summed E-state index contributed by atoms with van der Waals surface area (Å²) in [4.78, 5) is 9.03. The molecule has 0 amide bonds. The first kappa shape index (κ1) is 21.3. The van der Waals surface area contributed by atoms with Crippen LogP contribution >= 0.6 is 0 Å². The summed E-state index contributed by atoms with van der Waals surface area (Å²) in [7, 11) is 2.17. The number of likely N-dealkylation sites (N-methyl/N-ethyl adjacent to an activating group) is 1. The van der Waals surface area contributed by atoms with Crippen LogP contribution in [0.25, 0.3) is 11.3 Å². The molecule has 0 saturated carbocycles. The molecule has 1 atom stereocenters. The summed E-state index contributed by atoms with van der Waals surface area (Å²) in [6.07, 6.45) is 3.76. The molecule has 7 nitrogen and oxygen atoms in total. The molecule has 7 heteroatoms. The van der Waals surface area contributed by atoms with Gasteiger partial charge in [0.05, 0.1) is 6.54 Å². The van der Waals surface area contributed by atoms with Crippen molar-refractivity contribution in [3.8, 4) is 23.2 Å². The smallest absolute Gasteiger partial charge is 0.167 e. The van der Waals surface area contributed by atoms with E-state index in [-0.39, 0.29) is 0 Å². The molecule has 0 unspecified atom stereocenters. The highest BCUT2D eigenvalue weighted by Crippen LogP contribution is 2.22. The molecule has 1 aliphatic rings. The van der Waals surface area contributed by atoms with Gasteiger partial charge in [-0.05, 0) is 38.2 Å². The molecule has 2 aromatic heterocycles. The van der Waals surface area contributed by atoms with Gasteiger partial charge in [0.25, 0.3) is 0 Å². The SMILES string of the molecule is C[C@H](O)c1nccn1Cc1cc(-c2ccc(C#CCCN3CCN(C)CC3)cc2)on1. The first-order valence-electron chi connectivity index (χ1n) is 10.7. The Morgan fingerprint density at radius 1 is 1.16 bits per heavy atom. The second-order valence-electron chi connectivity index (χ2n) is 8.05. The number of hydrogen-bond acceptors (Lipinski definition) is 6. The van der Waals surface area contributed by atoms with Gasteiger partial charge >= 0.3 is 0 Å². The molecule has 0 aliphatic carbocycles. The number of rotatable bonds is 6. The lowest BCUT2D eigenvalue weighted by Gasteiger charge is -2.31. The minimum absolute atomic E-state index is 0.501. The fourth-order valence-electron chi connectivity index (χ4n) is 3.69. The van der Waals surface area contributed by atoms with Gasteiger partial charge in [-0.25, -0.2) is 4.98 Å². The second kappa shape index (κ2) is 9.92. The van der Waals surface area contributed by atoms with E-state index in [2.05, 4.69) is 38.8 Å². The number of hydrogen-bond donors (Lipinski definition) is 1. The third-order valence-corrected chi connectivity index (χ3v) is 5.56. The minimum atomic E-state index is -0.628. The van der Waals surface area contributed by atoms with Gasteiger partial charge in [-0.1, -0.05) is 17.0 Å². The van der Waals surface area contributed by atoms with Gasteiger partial charge < -0.3 is 19.1 Å². The maximum atomic E-state index is 9.79. The molecular weight excluding hydrogens is 390 g/mol. The third kappa shape index (κ3) is 5.61. The Kier molecular flexibility index (Phi) is 6.82. The highest BCUT2D eigenvalue weighted by atomic mass is 16.5. The quantitative estimate of drug-likeness (QED) is 0.620. The fourth-order valence-corrected chi connectivity index (χ4v) is 3.69. The van der Waals surface area contributed by atoms with Crippen molar-refractivity contribution < 1.29 is 9.63 Å². The van der Waals surface area contributed by atoms with Crippen molar-refractivity contribution >= 4 is 0 Å². The lowest BCUT2D eigenvalue weighted by atomic mass is 10.1. The summed E-state index contributed by atoms with van der Waals surface area (Å²) in [5.41, 5.74) is 2.74. The van der Waals surface area contributed by atoms with E-state index in [1.165, 1.54) is 0 Å². The molecule has 0 radical (unpaired) electrons. The van der Waals surface area contributed by atoms with Crippen LogP contribution in [0, 0.1) is 11.8 Å². The van der Waals surface area contributed by atoms with Gasteiger partial charge in [0.15, 0.2) is 5.76 Å². The van der Waals surface area contributed by atoms with Gasteiger partial charge in [-0.15, -0.1) is 0 Å². The molecule has 4 rings (SSSR count). The van der Waals surface area contributed by atoms with Gasteiger partial charge in [0.1, 0.15) is 17.6 Å². The second-order valence-corrected chi connectivity index (χ2v) is 8.05. The molecule has 1 aromatic carbocycles. The topological polar surface area (TPSA) is 70.6 Å². The van der Waals surface area contributed by atoms with Crippen molar-refractivity contribution in [2.24, 2.45) is 0 Å². The van der Waals surface area contributed by atoms with Crippen molar-refractivity contribution in [2.45, 2.75) is 26.0 Å². The monoisotopic (exact) mass is 419 g/mol. The van der Waals surface area contributed by atoms with Crippen LogP contribution in [0.15, 0.2) is 47.2 Å². The Bertz CT molecular complexity index is 1030. The normalized spacial score (nSPS) is 16.1. The summed E-state index contributed by atoms with van der Waals surface area (Å²) in [5, 5.41) is 14.0. The number of piperazine rings is 1. The zero-order valence-corrected chi connectivity index (χ0v) is 18.2. The van der Waals surface area contributed by atoms with E-state index in [1.807, 2.05) is 41.1 Å². The Morgan fingerprint density at radius 3 is 2.68 bits per heavy atom. The van der Waals surface area contributed by atoms with E-state index in [4.69, 9.17) is 4.52 Å². The predicted molar refractivity (Wildman–Crippen MR) is 119 cm³/mol. The third-order valence-electron chi connectivity index (χ3n) is 5.56. The van der Waals surface area contributed by atoms with Crippen LogP contribution in [0.2, 0.25) is 0 Å². The van der Waals surface area contributed by atoms with Crippen LogP contribution < -0.4 is 0 Å². The molecule has 162 valence electrons. The van der Waals surface area contributed by atoms with Crippen LogP contribution in [0.4, 0.5) is 0 Å². The molecule has 1 N–H and O–H groups in total. The highest BCUT2D eigenvalue weighted by Gasteiger charge is 2.13. The number of nitrogens with zero attached hydrogens (tertiary/aromatic N) is 5. The molecule has 1 saturated heterocycles.